The first-order valence-corrected chi connectivity index (χ1v) is 11.2. The van der Waals surface area contributed by atoms with E-state index in [1.54, 1.807) is 12.1 Å². The van der Waals surface area contributed by atoms with Crippen LogP contribution in [0.25, 0.3) is 0 Å². The Labute approximate surface area is 189 Å². The summed E-state index contributed by atoms with van der Waals surface area (Å²) >= 11 is 2.78. The lowest BCUT2D eigenvalue weighted by atomic mass is 10.1. The summed E-state index contributed by atoms with van der Waals surface area (Å²) in [6.07, 6.45) is -2.57. The predicted octanol–water partition coefficient (Wildman–Crippen LogP) is 2.67. The van der Waals surface area contributed by atoms with E-state index in [1.807, 2.05) is 0 Å². The molecule has 9 nitrogen and oxygen atoms in total. The van der Waals surface area contributed by atoms with Crippen molar-refractivity contribution in [3.63, 3.8) is 0 Å². The summed E-state index contributed by atoms with van der Waals surface area (Å²) in [5, 5.41) is 0. The van der Waals surface area contributed by atoms with Gasteiger partial charge in [0.2, 0.25) is 5.75 Å². The second-order valence-corrected chi connectivity index (χ2v) is 9.10. The van der Waals surface area contributed by atoms with Crippen LogP contribution in [0.4, 0.5) is 0 Å². The van der Waals surface area contributed by atoms with E-state index in [2.05, 4.69) is 0 Å². The Hall–Kier alpha value is -2.27. The Morgan fingerprint density at radius 2 is 1.42 bits per heavy atom. The summed E-state index contributed by atoms with van der Waals surface area (Å²) in [4.78, 5) is 35.8. The monoisotopic (exact) mass is 474 g/mol. The Morgan fingerprint density at radius 1 is 0.839 bits per heavy atom. The van der Waals surface area contributed by atoms with Gasteiger partial charge in [0.1, 0.15) is 0 Å². The molecule has 31 heavy (non-hydrogen) atoms. The maximum atomic E-state index is 11.8. The molecular weight excluding hydrogens is 448 g/mol. The summed E-state index contributed by atoms with van der Waals surface area (Å²) in [6, 6.07) is 3.54. The van der Waals surface area contributed by atoms with Gasteiger partial charge in [-0.05, 0) is 12.1 Å². The molecule has 1 aliphatic rings. The number of methoxy groups -OCH3 is 3. The van der Waals surface area contributed by atoms with E-state index >= 15 is 0 Å². The number of carbonyl (C=O) groups excluding carboxylic acids is 3. The second kappa shape index (κ2) is 11.4. The first kappa shape index (κ1) is 25.0. The van der Waals surface area contributed by atoms with Crippen molar-refractivity contribution in [1.29, 1.82) is 0 Å². The number of ether oxygens (including phenoxy) is 6. The van der Waals surface area contributed by atoms with Crippen LogP contribution in [0.15, 0.2) is 17.0 Å². The molecule has 1 heterocycles. The highest BCUT2D eigenvalue weighted by Gasteiger charge is 2.47. The van der Waals surface area contributed by atoms with Crippen LogP contribution in [0.2, 0.25) is 0 Å². The summed E-state index contributed by atoms with van der Waals surface area (Å²) in [5.41, 5.74) is 0. The van der Waals surface area contributed by atoms with Crippen LogP contribution in [-0.2, 0) is 28.6 Å². The molecule has 0 saturated carbocycles. The van der Waals surface area contributed by atoms with Crippen LogP contribution >= 0.6 is 23.5 Å². The Balaban J connectivity index is 2.41. The van der Waals surface area contributed by atoms with Crippen LogP contribution in [0, 0.1) is 0 Å². The molecule has 1 aromatic rings. The van der Waals surface area contributed by atoms with E-state index in [4.69, 9.17) is 28.4 Å². The molecule has 1 fully saturated rings. The Bertz CT molecular complexity index is 814. The van der Waals surface area contributed by atoms with Crippen molar-refractivity contribution in [2.45, 2.75) is 48.6 Å². The summed E-state index contributed by atoms with van der Waals surface area (Å²) in [5.74, 6) is 0.105. The minimum Gasteiger partial charge on any atom is -0.493 e. The van der Waals surface area contributed by atoms with Gasteiger partial charge in [0, 0.05) is 26.5 Å². The normalized spacial score (nSPS) is 22.8. The third-order valence-corrected chi connectivity index (χ3v) is 7.11. The first-order valence-electron chi connectivity index (χ1n) is 9.30. The van der Waals surface area contributed by atoms with Crippen molar-refractivity contribution < 1.29 is 42.8 Å². The van der Waals surface area contributed by atoms with Gasteiger partial charge in [-0.1, -0.05) is 0 Å². The average molecular weight is 475 g/mol. The molecule has 0 aliphatic carbocycles. The standard InChI is InChI=1S/C20H26O9S2/c1-10(21)27-14-9-30-20(19(29-12(3)23)17(14)28-11(2)22)31-15-8-7-13(24-4)16(25-5)18(15)26-6/h7-8,14,17,19-20H,9H2,1-6H3/t14-,17+,19-,20+/m1/s1. The fraction of sp³-hybridized carbons (Fsp3) is 0.550. The van der Waals surface area contributed by atoms with Gasteiger partial charge < -0.3 is 28.4 Å². The zero-order valence-electron chi connectivity index (χ0n) is 18.2. The smallest absolute Gasteiger partial charge is 0.303 e. The van der Waals surface area contributed by atoms with Crippen molar-refractivity contribution in [3.05, 3.63) is 12.1 Å². The van der Waals surface area contributed by atoms with Crippen molar-refractivity contribution in [2.75, 3.05) is 27.1 Å². The highest BCUT2D eigenvalue weighted by atomic mass is 32.2. The first-order chi connectivity index (χ1) is 14.7. The van der Waals surface area contributed by atoms with Gasteiger partial charge in [-0.15, -0.1) is 23.5 Å². The fourth-order valence-corrected chi connectivity index (χ4v) is 5.98. The number of esters is 3. The third-order valence-electron chi connectivity index (χ3n) is 4.22. The SMILES string of the molecule is COc1ccc(S[C@@H]2SC[C@@H](OC(C)=O)[C@H](OC(C)=O)[C@H]2OC(C)=O)c(OC)c1OC. The lowest BCUT2D eigenvalue weighted by Gasteiger charge is -2.40. The van der Waals surface area contributed by atoms with Gasteiger partial charge in [0.15, 0.2) is 29.8 Å². The molecule has 0 spiro atoms. The molecule has 11 heteroatoms. The lowest BCUT2D eigenvalue weighted by Crippen LogP contribution is -2.53. The van der Waals surface area contributed by atoms with Crippen molar-refractivity contribution in [2.24, 2.45) is 0 Å². The molecule has 172 valence electrons. The number of carbonyl (C=O) groups is 3. The Morgan fingerprint density at radius 3 is 1.94 bits per heavy atom. The summed E-state index contributed by atoms with van der Waals surface area (Å²) in [6.45, 7) is 3.78. The second-order valence-electron chi connectivity index (χ2n) is 6.45. The molecule has 2 rings (SSSR count). The van der Waals surface area contributed by atoms with Crippen LogP contribution in [0.3, 0.4) is 0 Å². The molecular formula is C20H26O9S2. The van der Waals surface area contributed by atoms with Crippen LogP contribution in [0.1, 0.15) is 20.8 Å². The number of rotatable bonds is 8. The van der Waals surface area contributed by atoms with Gasteiger partial charge in [0.25, 0.3) is 0 Å². The number of thioether (sulfide) groups is 2. The highest BCUT2D eigenvalue weighted by molar-refractivity contribution is 8.17. The minimum atomic E-state index is -0.949. The summed E-state index contributed by atoms with van der Waals surface area (Å²) < 4.78 is 32.2. The number of hydrogen-bond acceptors (Lipinski definition) is 11. The highest BCUT2D eigenvalue weighted by Crippen LogP contribution is 2.49. The van der Waals surface area contributed by atoms with Crippen LogP contribution in [0.5, 0.6) is 17.2 Å². The maximum absolute atomic E-state index is 11.8. The largest absolute Gasteiger partial charge is 0.493 e. The van der Waals surface area contributed by atoms with E-state index in [-0.39, 0.29) is 4.58 Å². The van der Waals surface area contributed by atoms with Crippen molar-refractivity contribution >= 4 is 41.4 Å². The van der Waals surface area contributed by atoms with Crippen molar-refractivity contribution in [1.82, 2.24) is 0 Å². The van der Waals surface area contributed by atoms with E-state index in [0.29, 0.717) is 27.9 Å². The van der Waals surface area contributed by atoms with Crippen molar-refractivity contribution in [3.8, 4) is 17.2 Å². The quantitative estimate of drug-likeness (QED) is 0.410. The molecule has 0 N–H and O–H groups in total. The van der Waals surface area contributed by atoms with E-state index in [1.165, 1.54) is 65.6 Å². The topological polar surface area (TPSA) is 107 Å². The van der Waals surface area contributed by atoms with Crippen LogP contribution in [-0.4, -0.2) is 67.9 Å². The zero-order valence-corrected chi connectivity index (χ0v) is 19.8. The average Bonchev–Trinajstić information content (AvgIpc) is 2.70. The molecule has 0 radical (unpaired) electrons. The molecule has 1 saturated heterocycles. The maximum Gasteiger partial charge on any atom is 0.303 e. The van der Waals surface area contributed by atoms with E-state index < -0.39 is 36.2 Å². The minimum absolute atomic E-state index is 0.350. The van der Waals surface area contributed by atoms with E-state index in [0.717, 1.165) is 0 Å². The number of hydrogen-bond donors (Lipinski definition) is 0. The predicted molar refractivity (Wildman–Crippen MR) is 115 cm³/mol. The molecule has 0 unspecified atom stereocenters. The molecule has 4 atom stereocenters. The molecule has 0 amide bonds. The van der Waals surface area contributed by atoms with Gasteiger partial charge in [-0.3, -0.25) is 14.4 Å². The van der Waals surface area contributed by atoms with Gasteiger partial charge in [-0.2, -0.15) is 0 Å². The fourth-order valence-electron chi connectivity index (χ4n) is 3.10. The molecule has 0 bridgehead atoms. The Kier molecular flexibility index (Phi) is 9.17. The molecule has 1 aliphatic heterocycles. The lowest BCUT2D eigenvalue weighted by molar-refractivity contribution is -0.180. The summed E-state index contributed by atoms with van der Waals surface area (Å²) in [7, 11) is 4.54. The third kappa shape index (κ3) is 6.36. The van der Waals surface area contributed by atoms with Crippen LogP contribution < -0.4 is 14.2 Å². The number of benzene rings is 1. The molecule has 0 aromatic heterocycles. The van der Waals surface area contributed by atoms with E-state index in [9.17, 15) is 14.4 Å². The van der Waals surface area contributed by atoms with Gasteiger partial charge >= 0.3 is 17.9 Å². The van der Waals surface area contributed by atoms with Gasteiger partial charge in [0.05, 0.1) is 30.8 Å². The van der Waals surface area contributed by atoms with Gasteiger partial charge in [-0.25, -0.2) is 0 Å². The molecule has 1 aromatic carbocycles. The zero-order chi connectivity index (χ0) is 23.1.